The molecule has 0 saturated carbocycles. The summed E-state index contributed by atoms with van der Waals surface area (Å²) in [6.07, 6.45) is 10.5. The topological polar surface area (TPSA) is 0 Å². The van der Waals surface area contributed by atoms with Crippen molar-refractivity contribution in [2.45, 2.75) is 50.1 Å². The van der Waals surface area contributed by atoms with Crippen LogP contribution < -0.4 is 12.4 Å². The Morgan fingerprint density at radius 2 is 1.74 bits per heavy atom. The number of hydrogen-bond donors (Lipinski definition) is 0. The number of benzene rings is 1. The van der Waals surface area contributed by atoms with Crippen molar-refractivity contribution in [2.24, 2.45) is 0 Å². The van der Waals surface area contributed by atoms with Crippen LogP contribution in [0.15, 0.2) is 18.2 Å². The predicted molar refractivity (Wildman–Crippen MR) is 107 cm³/mol. The third kappa shape index (κ3) is 7.00. The molecule has 0 aromatic heterocycles. The second-order valence-electron chi connectivity index (χ2n) is 5.77. The van der Waals surface area contributed by atoms with Gasteiger partial charge in [-0.25, -0.2) is 0 Å². The van der Waals surface area contributed by atoms with Gasteiger partial charge in [0.1, 0.15) is 6.54 Å². The summed E-state index contributed by atoms with van der Waals surface area (Å²) in [5.74, 6) is 2.96. The van der Waals surface area contributed by atoms with Crippen LogP contribution in [-0.4, -0.2) is 21.6 Å². The third-order valence-corrected chi connectivity index (χ3v) is 6.16. The van der Waals surface area contributed by atoms with Gasteiger partial charge in [-0.2, -0.15) is 0 Å². The average Bonchev–Trinajstić information content (AvgIpc) is 2.51. The minimum absolute atomic E-state index is 0. The van der Waals surface area contributed by atoms with Crippen LogP contribution >= 0.6 is 45.8 Å². The SMILES string of the molecule is C#CC(I)[N+](CCCC)(CCCC)Cc1ccc(Cl)cc1Cl.[Cl-]. The molecule has 1 unspecified atom stereocenters. The van der Waals surface area contributed by atoms with E-state index in [0.717, 1.165) is 34.7 Å². The van der Waals surface area contributed by atoms with Crippen molar-refractivity contribution in [3.05, 3.63) is 33.8 Å². The van der Waals surface area contributed by atoms with E-state index in [1.165, 1.54) is 25.7 Å². The molecule has 1 aromatic carbocycles. The van der Waals surface area contributed by atoms with Crippen LogP contribution in [0.5, 0.6) is 0 Å². The lowest BCUT2D eigenvalue weighted by Crippen LogP contribution is -3.00. The molecule has 0 aliphatic carbocycles. The van der Waals surface area contributed by atoms with E-state index in [0.29, 0.717) is 5.02 Å². The highest BCUT2D eigenvalue weighted by Gasteiger charge is 2.34. The van der Waals surface area contributed by atoms with E-state index in [9.17, 15) is 0 Å². The van der Waals surface area contributed by atoms with Crippen molar-refractivity contribution >= 4 is 45.8 Å². The van der Waals surface area contributed by atoms with E-state index in [1.807, 2.05) is 18.2 Å². The van der Waals surface area contributed by atoms with E-state index in [1.54, 1.807) is 0 Å². The molecule has 0 aliphatic heterocycles. The molecule has 0 fully saturated rings. The zero-order chi connectivity index (χ0) is 16.6. The Bertz CT molecular complexity index is 505. The summed E-state index contributed by atoms with van der Waals surface area (Å²) in [5, 5.41) is 1.42. The lowest BCUT2D eigenvalue weighted by atomic mass is 10.1. The van der Waals surface area contributed by atoms with E-state index in [-0.39, 0.29) is 16.5 Å². The van der Waals surface area contributed by atoms with Crippen LogP contribution in [0, 0.1) is 12.3 Å². The maximum absolute atomic E-state index is 6.40. The minimum Gasteiger partial charge on any atom is -1.00 e. The summed E-state index contributed by atoms with van der Waals surface area (Å²) >= 11 is 14.8. The highest BCUT2D eigenvalue weighted by atomic mass is 127. The summed E-state index contributed by atoms with van der Waals surface area (Å²) in [7, 11) is 0. The number of terminal acetylenes is 1. The molecule has 0 spiro atoms. The number of halogens is 4. The Morgan fingerprint density at radius 3 is 2.17 bits per heavy atom. The quantitative estimate of drug-likeness (QED) is 0.165. The zero-order valence-corrected chi connectivity index (χ0v) is 18.2. The van der Waals surface area contributed by atoms with Gasteiger partial charge in [-0.3, -0.25) is 4.48 Å². The smallest absolute Gasteiger partial charge is 0.200 e. The number of alkyl halides is 1. The Labute approximate surface area is 171 Å². The van der Waals surface area contributed by atoms with Crippen LogP contribution in [0.2, 0.25) is 10.0 Å². The first-order valence-corrected chi connectivity index (χ1v) is 9.89. The number of unbranched alkanes of at least 4 members (excludes halogenated alkanes) is 2. The molecule has 5 heteroatoms. The highest BCUT2D eigenvalue weighted by molar-refractivity contribution is 14.1. The molecule has 1 atom stereocenters. The first-order valence-electron chi connectivity index (χ1n) is 7.89. The van der Waals surface area contributed by atoms with Crippen molar-refractivity contribution in [2.75, 3.05) is 13.1 Å². The van der Waals surface area contributed by atoms with Crippen molar-refractivity contribution in [3.8, 4) is 12.3 Å². The molecule has 130 valence electrons. The van der Waals surface area contributed by atoms with Gasteiger partial charge in [-0.05, 0) is 30.9 Å². The standard InChI is InChI=1S/C18H25Cl2IN.ClH/c1-4-7-11-22(12-8-5-2,18(21)6-3)14-15-9-10-16(19)13-17(15)20;/h3,9-10,13,18H,4-5,7-8,11-12,14H2,1-2H3;1H/q+1;/p-1. The maximum Gasteiger partial charge on any atom is 0.200 e. The second kappa shape index (κ2) is 11.8. The Kier molecular flexibility index (Phi) is 12.0. The Morgan fingerprint density at radius 1 is 1.17 bits per heavy atom. The second-order valence-corrected chi connectivity index (χ2v) is 7.79. The average molecular weight is 489 g/mol. The van der Waals surface area contributed by atoms with Crippen molar-refractivity contribution in [1.82, 2.24) is 0 Å². The molecule has 1 aromatic rings. The van der Waals surface area contributed by atoms with Gasteiger partial charge >= 0.3 is 0 Å². The van der Waals surface area contributed by atoms with Gasteiger partial charge in [0, 0.05) is 33.2 Å². The van der Waals surface area contributed by atoms with E-state index in [2.05, 4.69) is 42.4 Å². The highest BCUT2D eigenvalue weighted by Crippen LogP contribution is 2.30. The van der Waals surface area contributed by atoms with Crippen LogP contribution in [0.3, 0.4) is 0 Å². The van der Waals surface area contributed by atoms with Gasteiger partial charge in [0.05, 0.1) is 18.1 Å². The maximum atomic E-state index is 6.40. The number of nitrogens with zero attached hydrogens (tertiary/aromatic N) is 1. The van der Waals surface area contributed by atoms with Crippen LogP contribution in [-0.2, 0) is 6.54 Å². The van der Waals surface area contributed by atoms with Crippen molar-refractivity contribution in [3.63, 3.8) is 0 Å². The van der Waals surface area contributed by atoms with Gasteiger partial charge in [0.2, 0.25) is 4.05 Å². The molecule has 0 amide bonds. The molecule has 0 heterocycles. The molecule has 0 radical (unpaired) electrons. The fraction of sp³-hybridized carbons (Fsp3) is 0.556. The fourth-order valence-electron chi connectivity index (χ4n) is 2.67. The largest absolute Gasteiger partial charge is 1.00 e. The first-order chi connectivity index (χ1) is 10.5. The molecular formula is C18H25Cl3IN. The van der Waals surface area contributed by atoms with Gasteiger partial charge in [-0.1, -0.05) is 56.0 Å². The zero-order valence-electron chi connectivity index (χ0n) is 13.8. The molecule has 1 rings (SSSR count). The summed E-state index contributed by atoms with van der Waals surface area (Å²) in [4.78, 5) is 0. The van der Waals surface area contributed by atoms with Crippen LogP contribution in [0.1, 0.15) is 45.1 Å². The Balaban J connectivity index is 0.00000484. The molecule has 0 saturated heterocycles. The molecule has 0 bridgehead atoms. The van der Waals surface area contributed by atoms with Crippen molar-refractivity contribution < 1.29 is 16.9 Å². The molecule has 0 N–H and O–H groups in total. The normalized spacial score (nSPS) is 12.3. The first kappa shape index (κ1) is 23.3. The summed E-state index contributed by atoms with van der Waals surface area (Å²) in [6.45, 7) is 7.50. The van der Waals surface area contributed by atoms with Gasteiger partial charge in [0.15, 0.2) is 0 Å². The summed E-state index contributed by atoms with van der Waals surface area (Å²) < 4.78 is 1.06. The van der Waals surface area contributed by atoms with E-state index < -0.39 is 0 Å². The van der Waals surface area contributed by atoms with Crippen LogP contribution in [0.25, 0.3) is 0 Å². The monoisotopic (exact) mass is 487 g/mol. The molecule has 0 aliphatic rings. The van der Waals surface area contributed by atoms with Crippen LogP contribution in [0.4, 0.5) is 0 Å². The minimum atomic E-state index is 0. The Hall–Kier alpha value is 0.340. The number of quaternary nitrogens is 1. The lowest BCUT2D eigenvalue weighted by Gasteiger charge is -2.41. The lowest BCUT2D eigenvalue weighted by molar-refractivity contribution is -0.940. The predicted octanol–water partition coefficient (Wildman–Crippen LogP) is 3.31. The summed E-state index contributed by atoms with van der Waals surface area (Å²) in [5.41, 5.74) is 1.13. The number of hydrogen-bond acceptors (Lipinski definition) is 0. The van der Waals surface area contributed by atoms with Gasteiger partial charge in [-0.15, -0.1) is 6.42 Å². The van der Waals surface area contributed by atoms with Crippen molar-refractivity contribution in [1.29, 1.82) is 0 Å². The molecule has 1 nitrogen and oxygen atoms in total. The third-order valence-electron chi connectivity index (χ3n) is 4.03. The van der Waals surface area contributed by atoms with Gasteiger partial charge < -0.3 is 12.4 Å². The molecular weight excluding hydrogens is 463 g/mol. The number of rotatable bonds is 9. The van der Waals surface area contributed by atoms with E-state index in [4.69, 9.17) is 29.6 Å². The van der Waals surface area contributed by atoms with Gasteiger partial charge in [0.25, 0.3) is 0 Å². The fourth-order valence-corrected chi connectivity index (χ4v) is 3.89. The molecule has 23 heavy (non-hydrogen) atoms. The van der Waals surface area contributed by atoms with E-state index >= 15 is 0 Å². The summed E-state index contributed by atoms with van der Waals surface area (Å²) in [6, 6.07) is 5.77.